The van der Waals surface area contributed by atoms with Crippen LogP contribution in [-0.2, 0) is 5.54 Å². The molecular weight excluding hydrogens is 290 g/mol. The molecule has 1 N–H and O–H groups in total. The molecule has 0 spiro atoms. The Morgan fingerprint density at radius 3 is 2.70 bits per heavy atom. The molecule has 0 aromatic carbocycles. The van der Waals surface area contributed by atoms with Gasteiger partial charge in [0.15, 0.2) is 0 Å². The normalized spacial score (nSPS) is 14.1. The van der Waals surface area contributed by atoms with Crippen LogP contribution in [0.3, 0.4) is 0 Å². The lowest BCUT2D eigenvalue weighted by Crippen LogP contribution is -2.24. The lowest BCUT2D eigenvalue weighted by Gasteiger charge is -2.15. The van der Waals surface area contributed by atoms with E-state index in [1.54, 1.807) is 30.9 Å². The van der Waals surface area contributed by atoms with Gasteiger partial charge < -0.3 is 5.32 Å². The molecule has 1 saturated carbocycles. The number of anilines is 2. The van der Waals surface area contributed by atoms with Gasteiger partial charge in [-0.1, -0.05) is 0 Å². The van der Waals surface area contributed by atoms with Crippen LogP contribution in [0, 0.1) is 29.6 Å². The quantitative estimate of drug-likeness (QED) is 0.931. The predicted octanol–water partition coefficient (Wildman–Crippen LogP) is 2.73. The second-order valence-electron chi connectivity index (χ2n) is 6.25. The minimum atomic E-state index is -0.727. The first kappa shape index (κ1) is 15.0. The second kappa shape index (κ2) is 5.36. The van der Waals surface area contributed by atoms with E-state index < -0.39 is 5.54 Å². The van der Waals surface area contributed by atoms with E-state index in [4.69, 9.17) is 5.26 Å². The van der Waals surface area contributed by atoms with Crippen LogP contribution in [0.25, 0.3) is 0 Å². The van der Waals surface area contributed by atoms with Gasteiger partial charge in [-0.05, 0) is 33.6 Å². The summed E-state index contributed by atoms with van der Waals surface area (Å²) in [7, 11) is 0. The summed E-state index contributed by atoms with van der Waals surface area (Å²) in [5, 5.41) is 25.9. The van der Waals surface area contributed by atoms with Gasteiger partial charge in [0, 0.05) is 5.92 Å². The summed E-state index contributed by atoms with van der Waals surface area (Å²) in [6.45, 7) is 5.46. The van der Waals surface area contributed by atoms with Crippen molar-refractivity contribution in [3.05, 3.63) is 29.3 Å². The smallest absolute Gasteiger partial charge is 0.227 e. The number of nitriles is 2. The SMILES string of the molecule is Cc1nn(C(C)(C)C#N)cc1Nc1ncc(C#N)c(C2CC2)n1. The fourth-order valence-corrected chi connectivity index (χ4v) is 2.25. The summed E-state index contributed by atoms with van der Waals surface area (Å²) < 4.78 is 1.62. The van der Waals surface area contributed by atoms with Gasteiger partial charge in [0.1, 0.15) is 11.6 Å². The van der Waals surface area contributed by atoms with Gasteiger partial charge in [-0.3, -0.25) is 4.68 Å². The van der Waals surface area contributed by atoms with Crippen LogP contribution >= 0.6 is 0 Å². The van der Waals surface area contributed by atoms with Gasteiger partial charge in [0.2, 0.25) is 5.95 Å². The molecule has 0 atom stereocenters. The van der Waals surface area contributed by atoms with Crippen LogP contribution in [0.5, 0.6) is 0 Å². The summed E-state index contributed by atoms with van der Waals surface area (Å²) >= 11 is 0. The molecule has 7 heteroatoms. The van der Waals surface area contributed by atoms with Gasteiger partial charge in [0.25, 0.3) is 0 Å². The van der Waals surface area contributed by atoms with Gasteiger partial charge in [-0.15, -0.1) is 0 Å². The largest absolute Gasteiger partial charge is 0.321 e. The van der Waals surface area contributed by atoms with Gasteiger partial charge in [-0.25, -0.2) is 9.97 Å². The van der Waals surface area contributed by atoms with Crippen molar-refractivity contribution in [3.63, 3.8) is 0 Å². The maximum Gasteiger partial charge on any atom is 0.227 e. The van der Waals surface area contributed by atoms with Crippen molar-refractivity contribution >= 4 is 11.6 Å². The summed E-state index contributed by atoms with van der Waals surface area (Å²) in [6, 6.07) is 4.36. The highest BCUT2D eigenvalue weighted by molar-refractivity contribution is 5.56. The summed E-state index contributed by atoms with van der Waals surface area (Å²) in [5.74, 6) is 0.817. The molecule has 2 aromatic rings. The van der Waals surface area contributed by atoms with Gasteiger partial charge in [-0.2, -0.15) is 15.6 Å². The molecule has 0 radical (unpaired) electrons. The highest BCUT2D eigenvalue weighted by Crippen LogP contribution is 2.40. The van der Waals surface area contributed by atoms with Crippen molar-refractivity contribution < 1.29 is 0 Å². The van der Waals surface area contributed by atoms with Crippen LogP contribution in [0.1, 0.15) is 49.6 Å². The van der Waals surface area contributed by atoms with E-state index in [1.165, 1.54) is 0 Å². The van der Waals surface area contributed by atoms with E-state index in [-0.39, 0.29) is 0 Å². The number of nitrogens with zero attached hydrogens (tertiary/aromatic N) is 6. The highest BCUT2D eigenvalue weighted by atomic mass is 15.3. The lowest BCUT2D eigenvalue weighted by atomic mass is 10.1. The number of rotatable bonds is 4. The lowest BCUT2D eigenvalue weighted by molar-refractivity contribution is 0.416. The maximum absolute atomic E-state index is 9.21. The van der Waals surface area contributed by atoms with Crippen molar-refractivity contribution in [2.24, 2.45) is 0 Å². The summed E-state index contributed by atoms with van der Waals surface area (Å²) in [6.07, 6.45) is 5.47. The Balaban J connectivity index is 1.90. The first-order valence-electron chi connectivity index (χ1n) is 7.46. The van der Waals surface area contributed by atoms with E-state index >= 15 is 0 Å². The van der Waals surface area contributed by atoms with E-state index in [9.17, 15) is 5.26 Å². The Labute approximate surface area is 134 Å². The van der Waals surface area contributed by atoms with Crippen LogP contribution in [0.2, 0.25) is 0 Å². The third-order valence-corrected chi connectivity index (χ3v) is 3.89. The average Bonchev–Trinajstić information content (AvgIpc) is 3.32. The van der Waals surface area contributed by atoms with Crippen LogP contribution in [0.15, 0.2) is 12.4 Å². The van der Waals surface area contributed by atoms with Crippen molar-refractivity contribution in [2.75, 3.05) is 5.32 Å². The summed E-state index contributed by atoms with van der Waals surface area (Å²) in [5.41, 5.74) is 2.13. The topological polar surface area (TPSA) is 103 Å². The molecule has 0 amide bonds. The Morgan fingerprint density at radius 1 is 1.35 bits per heavy atom. The standard InChI is InChI=1S/C16H17N7/c1-10-13(8-23(22-10)16(2,3)9-18)20-15-19-7-12(6-17)14(21-15)11-4-5-11/h7-8,11H,4-5H2,1-3H3,(H,19,20,21). The van der Waals surface area contributed by atoms with Crippen molar-refractivity contribution in [1.29, 1.82) is 10.5 Å². The number of hydrogen-bond acceptors (Lipinski definition) is 6. The Bertz CT molecular complexity index is 831. The first-order chi connectivity index (χ1) is 10.9. The zero-order chi connectivity index (χ0) is 16.6. The number of aryl methyl sites for hydroxylation is 1. The van der Waals surface area contributed by atoms with Crippen molar-refractivity contribution in [1.82, 2.24) is 19.7 Å². The molecule has 1 aliphatic carbocycles. The number of nitrogens with one attached hydrogen (secondary N) is 1. The minimum absolute atomic E-state index is 0.370. The molecule has 2 heterocycles. The van der Waals surface area contributed by atoms with E-state index in [2.05, 4.69) is 32.5 Å². The zero-order valence-corrected chi connectivity index (χ0v) is 13.3. The molecule has 0 saturated heterocycles. The molecule has 1 aliphatic rings. The third kappa shape index (κ3) is 2.86. The maximum atomic E-state index is 9.21. The average molecular weight is 307 g/mol. The molecule has 1 fully saturated rings. The van der Waals surface area contributed by atoms with Crippen LogP contribution in [0.4, 0.5) is 11.6 Å². The minimum Gasteiger partial charge on any atom is -0.321 e. The van der Waals surface area contributed by atoms with Gasteiger partial charge in [0.05, 0.1) is 41.1 Å². The Hall–Kier alpha value is -2.93. The van der Waals surface area contributed by atoms with Crippen molar-refractivity contribution in [3.8, 4) is 12.1 Å². The summed E-state index contributed by atoms with van der Waals surface area (Å²) in [4.78, 5) is 8.69. The predicted molar refractivity (Wildman–Crippen MR) is 83.9 cm³/mol. The molecule has 0 unspecified atom stereocenters. The molecule has 0 bridgehead atoms. The molecular formula is C16H17N7. The molecule has 2 aromatic heterocycles. The van der Waals surface area contributed by atoms with Gasteiger partial charge >= 0.3 is 0 Å². The van der Waals surface area contributed by atoms with E-state index in [1.807, 2.05) is 6.92 Å². The monoisotopic (exact) mass is 307 g/mol. The molecule has 0 aliphatic heterocycles. The van der Waals surface area contributed by atoms with E-state index in [0.717, 1.165) is 29.9 Å². The van der Waals surface area contributed by atoms with Crippen LogP contribution < -0.4 is 5.32 Å². The fourth-order valence-electron chi connectivity index (χ4n) is 2.25. The number of aromatic nitrogens is 4. The second-order valence-corrected chi connectivity index (χ2v) is 6.25. The highest BCUT2D eigenvalue weighted by Gasteiger charge is 2.28. The Kier molecular flexibility index (Phi) is 3.49. The zero-order valence-electron chi connectivity index (χ0n) is 13.3. The number of hydrogen-bond donors (Lipinski definition) is 1. The van der Waals surface area contributed by atoms with Crippen molar-refractivity contribution in [2.45, 2.75) is 45.1 Å². The Morgan fingerprint density at radius 2 is 2.09 bits per heavy atom. The van der Waals surface area contributed by atoms with Crippen LogP contribution in [-0.4, -0.2) is 19.7 Å². The molecule has 7 nitrogen and oxygen atoms in total. The first-order valence-corrected chi connectivity index (χ1v) is 7.46. The third-order valence-electron chi connectivity index (χ3n) is 3.89. The fraction of sp³-hybridized carbons (Fsp3) is 0.438. The molecule has 23 heavy (non-hydrogen) atoms. The molecule has 3 rings (SSSR count). The molecule has 116 valence electrons. The van der Waals surface area contributed by atoms with E-state index in [0.29, 0.717) is 17.4 Å².